The number of rotatable bonds is 1. The van der Waals surface area contributed by atoms with Crippen LogP contribution in [0.2, 0.25) is 0 Å². The molecule has 0 unspecified atom stereocenters. The van der Waals surface area contributed by atoms with E-state index in [2.05, 4.69) is 9.97 Å². The van der Waals surface area contributed by atoms with Crippen molar-refractivity contribution in [2.75, 3.05) is 5.73 Å². The van der Waals surface area contributed by atoms with Crippen LogP contribution >= 0.6 is 0 Å². The molecule has 0 saturated carbocycles. The number of anilines is 1. The molecule has 3 rings (SSSR count). The molecule has 0 saturated heterocycles. The monoisotopic (exact) mass is 238 g/mol. The number of benzene rings is 1. The van der Waals surface area contributed by atoms with E-state index in [0.717, 1.165) is 33.8 Å². The van der Waals surface area contributed by atoms with Gasteiger partial charge in [0.25, 0.3) is 0 Å². The summed E-state index contributed by atoms with van der Waals surface area (Å²) in [5, 5.41) is 0. The Morgan fingerprint density at radius 2 is 2.06 bits per heavy atom. The van der Waals surface area contributed by atoms with Crippen molar-refractivity contribution in [3.63, 3.8) is 0 Å². The first-order valence-electron chi connectivity index (χ1n) is 5.81. The molecule has 0 aliphatic carbocycles. The summed E-state index contributed by atoms with van der Waals surface area (Å²) < 4.78 is 2.03. The van der Waals surface area contributed by atoms with Crippen LogP contribution in [0.3, 0.4) is 0 Å². The van der Waals surface area contributed by atoms with Crippen molar-refractivity contribution in [3.8, 4) is 11.4 Å². The predicted octanol–water partition coefficient (Wildman–Crippen LogP) is 2.53. The molecule has 3 aromatic rings. The Bertz CT molecular complexity index is 728. The molecular formula is C14H14N4. The lowest BCUT2D eigenvalue weighted by Gasteiger charge is -2.05. The minimum absolute atomic E-state index is 0.758. The van der Waals surface area contributed by atoms with Crippen molar-refractivity contribution in [3.05, 3.63) is 42.1 Å². The summed E-state index contributed by atoms with van der Waals surface area (Å²) in [7, 11) is 1.99. The summed E-state index contributed by atoms with van der Waals surface area (Å²) in [5.41, 5.74) is 10.6. The van der Waals surface area contributed by atoms with Gasteiger partial charge >= 0.3 is 0 Å². The number of hydrogen-bond donors (Lipinski definition) is 1. The largest absolute Gasteiger partial charge is 0.398 e. The Morgan fingerprint density at radius 3 is 2.78 bits per heavy atom. The van der Waals surface area contributed by atoms with Crippen molar-refractivity contribution < 1.29 is 0 Å². The normalized spacial score (nSPS) is 11.0. The van der Waals surface area contributed by atoms with E-state index in [1.54, 1.807) is 6.20 Å². The molecule has 4 nitrogen and oxygen atoms in total. The zero-order valence-corrected chi connectivity index (χ0v) is 10.4. The fourth-order valence-corrected chi connectivity index (χ4v) is 2.06. The lowest BCUT2D eigenvalue weighted by atomic mass is 10.1. The van der Waals surface area contributed by atoms with Crippen molar-refractivity contribution in [2.45, 2.75) is 6.92 Å². The number of nitrogens with two attached hydrogens (primary N) is 1. The SMILES string of the molecule is Cc1ccc(-c2nc3ncccc3n2C)cc1N. The maximum Gasteiger partial charge on any atom is 0.178 e. The Kier molecular flexibility index (Phi) is 2.30. The number of nitrogens with zero attached hydrogens (tertiary/aromatic N) is 3. The maximum absolute atomic E-state index is 5.95. The highest BCUT2D eigenvalue weighted by Crippen LogP contribution is 2.25. The second kappa shape index (κ2) is 3.84. The summed E-state index contributed by atoms with van der Waals surface area (Å²) in [4.78, 5) is 8.81. The molecule has 0 atom stereocenters. The third kappa shape index (κ3) is 1.54. The topological polar surface area (TPSA) is 56.7 Å². The van der Waals surface area contributed by atoms with Gasteiger partial charge in [-0.2, -0.15) is 0 Å². The lowest BCUT2D eigenvalue weighted by molar-refractivity contribution is 0.959. The maximum atomic E-state index is 5.95. The van der Waals surface area contributed by atoms with Crippen LogP contribution in [0.1, 0.15) is 5.56 Å². The van der Waals surface area contributed by atoms with Crippen LogP contribution in [0, 0.1) is 6.92 Å². The van der Waals surface area contributed by atoms with Crippen molar-refractivity contribution >= 4 is 16.9 Å². The second-order valence-corrected chi connectivity index (χ2v) is 4.41. The minimum Gasteiger partial charge on any atom is -0.398 e. The van der Waals surface area contributed by atoms with Crippen LogP contribution in [0.5, 0.6) is 0 Å². The molecule has 90 valence electrons. The Labute approximate surface area is 105 Å². The highest BCUT2D eigenvalue weighted by atomic mass is 15.1. The molecule has 0 aliphatic heterocycles. The molecule has 0 fully saturated rings. The van der Waals surface area contributed by atoms with Gasteiger partial charge in [-0.1, -0.05) is 12.1 Å². The third-order valence-corrected chi connectivity index (χ3v) is 3.19. The molecule has 4 heteroatoms. The van der Waals surface area contributed by atoms with Crippen LogP contribution in [0.4, 0.5) is 5.69 Å². The first-order chi connectivity index (χ1) is 8.66. The number of aryl methyl sites for hydroxylation is 2. The van der Waals surface area contributed by atoms with E-state index in [1.165, 1.54) is 0 Å². The molecule has 0 bridgehead atoms. The van der Waals surface area contributed by atoms with Crippen LogP contribution in [-0.4, -0.2) is 14.5 Å². The lowest BCUT2D eigenvalue weighted by Crippen LogP contribution is -1.95. The van der Waals surface area contributed by atoms with Crippen LogP contribution < -0.4 is 5.73 Å². The van der Waals surface area contributed by atoms with E-state index in [1.807, 2.05) is 48.9 Å². The van der Waals surface area contributed by atoms with Crippen LogP contribution in [-0.2, 0) is 7.05 Å². The fraction of sp³-hybridized carbons (Fsp3) is 0.143. The third-order valence-electron chi connectivity index (χ3n) is 3.19. The molecule has 1 aromatic carbocycles. The average molecular weight is 238 g/mol. The number of hydrogen-bond acceptors (Lipinski definition) is 3. The zero-order chi connectivity index (χ0) is 12.7. The van der Waals surface area contributed by atoms with E-state index in [4.69, 9.17) is 5.73 Å². The average Bonchev–Trinajstić information content (AvgIpc) is 2.71. The van der Waals surface area contributed by atoms with Gasteiger partial charge in [0.05, 0.1) is 5.52 Å². The number of imidazole rings is 1. The molecule has 2 aromatic heterocycles. The molecule has 0 radical (unpaired) electrons. The summed E-state index contributed by atoms with van der Waals surface area (Å²) in [6, 6.07) is 9.93. The Hall–Kier alpha value is -2.36. The van der Waals surface area contributed by atoms with E-state index in [0.29, 0.717) is 0 Å². The van der Waals surface area contributed by atoms with Gasteiger partial charge in [-0.15, -0.1) is 0 Å². The van der Waals surface area contributed by atoms with E-state index in [9.17, 15) is 0 Å². The molecule has 18 heavy (non-hydrogen) atoms. The van der Waals surface area contributed by atoms with Gasteiger partial charge in [-0.3, -0.25) is 0 Å². The summed E-state index contributed by atoms with van der Waals surface area (Å²) >= 11 is 0. The quantitative estimate of drug-likeness (QED) is 0.663. The predicted molar refractivity (Wildman–Crippen MR) is 73.1 cm³/mol. The first kappa shape index (κ1) is 10.8. The number of fused-ring (bicyclic) bond motifs is 1. The number of nitrogen functional groups attached to an aromatic ring is 1. The summed E-state index contributed by atoms with van der Waals surface area (Å²) in [5.74, 6) is 0.885. The first-order valence-corrected chi connectivity index (χ1v) is 5.81. The van der Waals surface area contributed by atoms with Gasteiger partial charge in [-0.25, -0.2) is 9.97 Å². The summed E-state index contributed by atoms with van der Waals surface area (Å²) in [6.07, 6.45) is 1.75. The van der Waals surface area contributed by atoms with E-state index >= 15 is 0 Å². The molecular weight excluding hydrogens is 224 g/mol. The van der Waals surface area contributed by atoms with Gasteiger partial charge in [0.15, 0.2) is 5.65 Å². The fourth-order valence-electron chi connectivity index (χ4n) is 2.06. The Morgan fingerprint density at radius 1 is 1.22 bits per heavy atom. The van der Waals surface area contributed by atoms with Gasteiger partial charge < -0.3 is 10.3 Å². The Balaban J connectivity index is 2.25. The molecule has 2 heterocycles. The second-order valence-electron chi connectivity index (χ2n) is 4.41. The van der Waals surface area contributed by atoms with Gasteiger partial charge in [0, 0.05) is 24.5 Å². The molecule has 0 amide bonds. The van der Waals surface area contributed by atoms with Crippen LogP contribution in [0.25, 0.3) is 22.6 Å². The highest BCUT2D eigenvalue weighted by Gasteiger charge is 2.10. The highest BCUT2D eigenvalue weighted by molar-refractivity contribution is 5.77. The standard InChI is InChI=1S/C14H14N4/c1-9-5-6-10(8-11(9)15)14-17-13-12(18(14)2)4-3-7-16-13/h3-8H,15H2,1-2H3. The minimum atomic E-state index is 0.758. The van der Waals surface area contributed by atoms with Gasteiger partial charge in [0.1, 0.15) is 5.82 Å². The van der Waals surface area contributed by atoms with Crippen molar-refractivity contribution in [1.82, 2.24) is 14.5 Å². The zero-order valence-electron chi connectivity index (χ0n) is 10.4. The number of aromatic nitrogens is 3. The summed E-state index contributed by atoms with van der Waals surface area (Å²) in [6.45, 7) is 2.00. The van der Waals surface area contributed by atoms with Gasteiger partial charge in [0.2, 0.25) is 0 Å². The smallest absolute Gasteiger partial charge is 0.178 e. The molecule has 0 aliphatic rings. The van der Waals surface area contributed by atoms with E-state index < -0.39 is 0 Å². The van der Waals surface area contributed by atoms with Crippen molar-refractivity contribution in [2.24, 2.45) is 7.05 Å². The molecule has 2 N–H and O–H groups in total. The number of pyridine rings is 1. The van der Waals surface area contributed by atoms with Gasteiger partial charge in [-0.05, 0) is 30.7 Å². The van der Waals surface area contributed by atoms with Crippen molar-refractivity contribution in [1.29, 1.82) is 0 Å². The van der Waals surface area contributed by atoms with E-state index in [-0.39, 0.29) is 0 Å². The van der Waals surface area contributed by atoms with Crippen LogP contribution in [0.15, 0.2) is 36.5 Å². The molecule has 0 spiro atoms.